The van der Waals surface area contributed by atoms with Crippen LogP contribution in [0.25, 0.3) is 0 Å². The Morgan fingerprint density at radius 2 is 1.64 bits per heavy atom. The van der Waals surface area contributed by atoms with Gasteiger partial charge in [0.15, 0.2) is 0 Å². The van der Waals surface area contributed by atoms with Crippen molar-refractivity contribution in [3.8, 4) is 0 Å². The van der Waals surface area contributed by atoms with Crippen LogP contribution in [0.5, 0.6) is 0 Å². The van der Waals surface area contributed by atoms with E-state index < -0.39 is 34.4 Å². The zero-order valence-corrected chi connectivity index (χ0v) is 13.4. The maximum atomic E-state index is 12.7. The zero-order valence-electron chi connectivity index (χ0n) is 12.6. The highest BCUT2D eigenvalue weighted by atomic mass is 32.2. The minimum atomic E-state index is -4.80. The molecule has 1 aromatic carbocycles. The molecule has 0 atom stereocenters. The fourth-order valence-electron chi connectivity index (χ4n) is 2.07. The van der Waals surface area contributed by atoms with Gasteiger partial charge in [-0.3, -0.25) is 4.79 Å². The topological polar surface area (TPSA) is 54.5 Å². The van der Waals surface area contributed by atoms with Gasteiger partial charge in [-0.2, -0.15) is 13.2 Å². The number of aryl methyl sites for hydroxylation is 2. The second-order valence-corrected chi connectivity index (χ2v) is 7.13. The second-order valence-electron chi connectivity index (χ2n) is 5.12. The van der Waals surface area contributed by atoms with E-state index in [0.29, 0.717) is 11.1 Å². The first-order valence-corrected chi connectivity index (χ1v) is 8.27. The van der Waals surface area contributed by atoms with Crippen LogP contribution < -0.4 is 0 Å². The van der Waals surface area contributed by atoms with Crippen molar-refractivity contribution in [2.75, 3.05) is 12.3 Å². The number of sulfonamides is 1. The molecule has 0 aliphatic heterocycles. The number of nitrogens with zero attached hydrogens (tertiary/aromatic N) is 1. The first-order chi connectivity index (χ1) is 9.96. The minimum Gasteiger partial charge on any atom is -0.268 e. The van der Waals surface area contributed by atoms with Gasteiger partial charge in [0.2, 0.25) is 10.0 Å². The molecule has 0 saturated carbocycles. The summed E-state index contributed by atoms with van der Waals surface area (Å²) in [6.07, 6.45) is -4.67. The van der Waals surface area contributed by atoms with Crippen molar-refractivity contribution in [2.24, 2.45) is 0 Å². The summed E-state index contributed by atoms with van der Waals surface area (Å²) in [5.74, 6) is -1.67. The Kier molecular flexibility index (Phi) is 5.61. The summed E-state index contributed by atoms with van der Waals surface area (Å²) in [6.45, 7) is 3.06. The molecule has 0 aromatic heterocycles. The number of halogens is 3. The highest BCUT2D eigenvalue weighted by Crippen LogP contribution is 2.22. The number of carbonyl (C=O) groups is 1. The molecule has 124 valence electrons. The maximum absolute atomic E-state index is 12.7. The molecule has 1 amide bonds. The van der Waals surface area contributed by atoms with Gasteiger partial charge < -0.3 is 0 Å². The van der Waals surface area contributed by atoms with Crippen LogP contribution in [-0.4, -0.2) is 37.1 Å². The molecule has 0 heterocycles. The predicted octanol–water partition coefficient (Wildman–Crippen LogP) is 3.05. The van der Waals surface area contributed by atoms with E-state index in [-0.39, 0.29) is 16.3 Å². The first-order valence-electron chi connectivity index (χ1n) is 6.66. The SMILES string of the molecule is CCCS(=O)(=O)N(CC(F)(F)F)C(=O)c1cc(C)cc(C)c1. The molecular formula is C14H18F3NO3S. The number of benzene rings is 1. The van der Waals surface area contributed by atoms with Crippen molar-refractivity contribution in [3.05, 3.63) is 34.9 Å². The van der Waals surface area contributed by atoms with E-state index in [1.165, 1.54) is 19.1 Å². The number of amides is 1. The molecule has 22 heavy (non-hydrogen) atoms. The van der Waals surface area contributed by atoms with Gasteiger partial charge in [0, 0.05) is 5.56 Å². The smallest absolute Gasteiger partial charge is 0.268 e. The lowest BCUT2D eigenvalue weighted by atomic mass is 10.1. The Hall–Kier alpha value is -1.57. The summed E-state index contributed by atoms with van der Waals surface area (Å²) < 4.78 is 61.9. The molecule has 0 fully saturated rings. The quantitative estimate of drug-likeness (QED) is 0.830. The van der Waals surface area contributed by atoms with Crippen molar-refractivity contribution >= 4 is 15.9 Å². The standard InChI is InChI=1S/C14H18F3NO3S/c1-4-5-22(20,21)18(9-14(15,16)17)13(19)12-7-10(2)6-11(3)8-12/h6-8H,4-5,9H2,1-3H3. The molecule has 1 rings (SSSR count). The van der Waals surface area contributed by atoms with E-state index in [1.807, 2.05) is 0 Å². The molecule has 0 saturated heterocycles. The highest BCUT2D eigenvalue weighted by molar-refractivity contribution is 7.89. The van der Waals surface area contributed by atoms with Crippen LogP contribution in [0.1, 0.15) is 34.8 Å². The molecule has 0 spiro atoms. The molecule has 8 heteroatoms. The Balaban J connectivity index is 3.28. The third-order valence-electron chi connectivity index (χ3n) is 2.82. The zero-order chi connectivity index (χ0) is 17.1. The van der Waals surface area contributed by atoms with Crippen LogP contribution >= 0.6 is 0 Å². The molecule has 0 aliphatic rings. The van der Waals surface area contributed by atoms with E-state index in [0.717, 1.165) is 0 Å². The van der Waals surface area contributed by atoms with E-state index in [4.69, 9.17) is 0 Å². The van der Waals surface area contributed by atoms with Gasteiger partial charge in [0.1, 0.15) is 6.54 Å². The number of hydrogen-bond acceptors (Lipinski definition) is 3. The van der Waals surface area contributed by atoms with E-state index >= 15 is 0 Å². The van der Waals surface area contributed by atoms with Crippen LogP contribution in [0.2, 0.25) is 0 Å². The monoisotopic (exact) mass is 337 g/mol. The highest BCUT2D eigenvalue weighted by Gasteiger charge is 2.39. The summed E-state index contributed by atoms with van der Waals surface area (Å²) >= 11 is 0. The number of hydrogen-bond donors (Lipinski definition) is 0. The molecule has 0 N–H and O–H groups in total. The molecule has 4 nitrogen and oxygen atoms in total. The maximum Gasteiger partial charge on any atom is 0.407 e. The van der Waals surface area contributed by atoms with Crippen LogP contribution in [0, 0.1) is 13.8 Å². The molecule has 0 aliphatic carbocycles. The second kappa shape index (κ2) is 6.68. The van der Waals surface area contributed by atoms with Gasteiger partial charge in [-0.1, -0.05) is 24.1 Å². The average Bonchev–Trinajstić information content (AvgIpc) is 2.32. The first kappa shape index (κ1) is 18.5. The van der Waals surface area contributed by atoms with Gasteiger partial charge in [-0.15, -0.1) is 0 Å². The number of rotatable bonds is 5. The lowest BCUT2D eigenvalue weighted by molar-refractivity contribution is -0.132. The van der Waals surface area contributed by atoms with Crippen LogP contribution in [0.15, 0.2) is 18.2 Å². The van der Waals surface area contributed by atoms with Crippen LogP contribution in [-0.2, 0) is 10.0 Å². The minimum absolute atomic E-state index is 0.0681. The predicted molar refractivity (Wildman–Crippen MR) is 77.1 cm³/mol. The molecule has 0 bridgehead atoms. The Morgan fingerprint density at radius 1 is 1.14 bits per heavy atom. The summed E-state index contributed by atoms with van der Waals surface area (Å²) in [7, 11) is -4.31. The van der Waals surface area contributed by atoms with E-state index in [2.05, 4.69) is 0 Å². The van der Waals surface area contributed by atoms with Gasteiger partial charge in [0.25, 0.3) is 5.91 Å². The Labute approximate surface area is 128 Å². The summed E-state index contributed by atoms with van der Waals surface area (Å²) in [5.41, 5.74) is 1.27. The van der Waals surface area contributed by atoms with Crippen LogP contribution in [0.3, 0.4) is 0 Å². The van der Waals surface area contributed by atoms with Crippen molar-refractivity contribution in [1.82, 2.24) is 4.31 Å². The van der Waals surface area contributed by atoms with Crippen molar-refractivity contribution < 1.29 is 26.4 Å². The molecule has 0 unspecified atom stereocenters. The summed E-state index contributed by atoms with van der Waals surface area (Å²) in [6, 6.07) is 4.49. The Morgan fingerprint density at radius 3 is 2.05 bits per heavy atom. The lowest BCUT2D eigenvalue weighted by Crippen LogP contribution is -2.44. The van der Waals surface area contributed by atoms with Crippen molar-refractivity contribution in [2.45, 2.75) is 33.4 Å². The van der Waals surface area contributed by atoms with E-state index in [9.17, 15) is 26.4 Å². The fraction of sp³-hybridized carbons (Fsp3) is 0.500. The largest absolute Gasteiger partial charge is 0.407 e. The third-order valence-corrected chi connectivity index (χ3v) is 4.71. The van der Waals surface area contributed by atoms with Crippen molar-refractivity contribution in [1.29, 1.82) is 0 Å². The number of carbonyl (C=O) groups excluding carboxylic acids is 1. The lowest BCUT2D eigenvalue weighted by Gasteiger charge is -2.23. The molecule has 0 radical (unpaired) electrons. The molecular weight excluding hydrogens is 319 g/mol. The fourth-order valence-corrected chi connectivity index (χ4v) is 3.51. The van der Waals surface area contributed by atoms with E-state index in [1.54, 1.807) is 19.9 Å². The summed E-state index contributed by atoms with van der Waals surface area (Å²) in [5, 5.41) is 0. The van der Waals surface area contributed by atoms with Gasteiger partial charge in [-0.05, 0) is 32.4 Å². The summed E-state index contributed by atoms with van der Waals surface area (Å²) in [4.78, 5) is 12.3. The Bertz CT molecular complexity index is 634. The third kappa shape index (κ3) is 5.01. The van der Waals surface area contributed by atoms with Crippen molar-refractivity contribution in [3.63, 3.8) is 0 Å². The van der Waals surface area contributed by atoms with Gasteiger partial charge in [-0.25, -0.2) is 12.7 Å². The van der Waals surface area contributed by atoms with Gasteiger partial charge >= 0.3 is 6.18 Å². The number of alkyl halides is 3. The van der Waals surface area contributed by atoms with Gasteiger partial charge in [0.05, 0.1) is 5.75 Å². The molecule has 1 aromatic rings. The van der Waals surface area contributed by atoms with Crippen LogP contribution in [0.4, 0.5) is 13.2 Å². The normalized spacial score (nSPS) is 12.3. The average molecular weight is 337 g/mol.